The summed E-state index contributed by atoms with van der Waals surface area (Å²) in [6, 6.07) is 15.9. The second-order valence-electron chi connectivity index (χ2n) is 7.54. The highest BCUT2D eigenvalue weighted by atomic mass is 32.2. The maximum Gasteiger partial charge on any atom is 0.234 e. The summed E-state index contributed by atoms with van der Waals surface area (Å²) in [4.78, 5) is 19.6. The summed E-state index contributed by atoms with van der Waals surface area (Å²) in [5, 5.41) is 14.1. The molecule has 1 aliphatic rings. The fourth-order valence-electron chi connectivity index (χ4n) is 3.59. The standard InChI is InChI=1S/C24H24N4O2S/c1-16-11-18-13-19(14-25)24(27-21(18)12-17(16)2)31-15-23(29)26-20-5-3-4-6-22(20)28-7-9-30-10-8-28/h3-6,11-13H,7-10,15H2,1-2H3,(H,26,29). The number of thioether (sulfide) groups is 1. The third kappa shape index (κ3) is 4.82. The van der Waals surface area contributed by atoms with Crippen LogP contribution in [0.1, 0.15) is 16.7 Å². The number of carbonyl (C=O) groups excluding carboxylic acids is 1. The van der Waals surface area contributed by atoms with Crippen LogP contribution in [0.4, 0.5) is 11.4 Å². The quantitative estimate of drug-likeness (QED) is 0.606. The number of carbonyl (C=O) groups is 1. The molecule has 1 saturated heterocycles. The van der Waals surface area contributed by atoms with E-state index in [1.807, 2.05) is 56.3 Å². The fraction of sp³-hybridized carbons (Fsp3) is 0.292. The number of morpholine rings is 1. The number of aromatic nitrogens is 1. The van der Waals surface area contributed by atoms with Crippen LogP contribution in [0.25, 0.3) is 10.9 Å². The molecule has 2 heterocycles. The zero-order valence-corrected chi connectivity index (χ0v) is 18.5. The zero-order chi connectivity index (χ0) is 21.8. The van der Waals surface area contributed by atoms with E-state index in [1.165, 1.54) is 11.8 Å². The van der Waals surface area contributed by atoms with E-state index in [4.69, 9.17) is 4.74 Å². The summed E-state index contributed by atoms with van der Waals surface area (Å²) in [5.41, 5.74) is 5.42. The Morgan fingerprint density at radius 2 is 1.94 bits per heavy atom. The van der Waals surface area contributed by atoms with E-state index < -0.39 is 0 Å². The van der Waals surface area contributed by atoms with Crippen LogP contribution in [-0.4, -0.2) is 42.9 Å². The molecule has 0 radical (unpaired) electrons. The number of anilines is 2. The number of fused-ring (bicyclic) bond motifs is 1. The molecule has 1 aromatic heterocycles. The highest BCUT2D eigenvalue weighted by Gasteiger charge is 2.16. The maximum atomic E-state index is 12.7. The second-order valence-corrected chi connectivity index (χ2v) is 8.50. The van der Waals surface area contributed by atoms with Crippen LogP contribution in [0, 0.1) is 25.2 Å². The number of amides is 1. The molecular weight excluding hydrogens is 408 g/mol. The minimum Gasteiger partial charge on any atom is -0.378 e. The Labute approximate surface area is 186 Å². The summed E-state index contributed by atoms with van der Waals surface area (Å²) >= 11 is 1.29. The molecule has 0 atom stereocenters. The molecule has 158 valence electrons. The van der Waals surface area contributed by atoms with Crippen molar-refractivity contribution in [1.29, 1.82) is 5.26 Å². The molecule has 0 spiro atoms. The van der Waals surface area contributed by atoms with Gasteiger partial charge in [0.25, 0.3) is 0 Å². The van der Waals surface area contributed by atoms with Crippen molar-refractivity contribution in [2.75, 3.05) is 42.3 Å². The molecule has 1 aliphatic heterocycles. The Bertz CT molecular complexity index is 1170. The molecule has 3 aromatic rings. The number of ether oxygens (including phenoxy) is 1. The van der Waals surface area contributed by atoms with Crippen molar-refractivity contribution in [3.63, 3.8) is 0 Å². The lowest BCUT2D eigenvalue weighted by atomic mass is 10.1. The van der Waals surface area contributed by atoms with Crippen LogP contribution in [0.2, 0.25) is 0 Å². The highest BCUT2D eigenvalue weighted by Crippen LogP contribution is 2.29. The van der Waals surface area contributed by atoms with Gasteiger partial charge in [0.05, 0.1) is 41.4 Å². The largest absolute Gasteiger partial charge is 0.378 e. The topological polar surface area (TPSA) is 78.2 Å². The molecule has 1 N–H and O–H groups in total. The van der Waals surface area contributed by atoms with Crippen LogP contribution < -0.4 is 10.2 Å². The molecule has 0 saturated carbocycles. The molecule has 0 bridgehead atoms. The third-order valence-corrected chi connectivity index (χ3v) is 6.38. The lowest BCUT2D eigenvalue weighted by molar-refractivity contribution is -0.113. The average molecular weight is 433 g/mol. The summed E-state index contributed by atoms with van der Waals surface area (Å²) in [5.74, 6) is 0.0479. The fourth-order valence-corrected chi connectivity index (χ4v) is 4.36. The minimum absolute atomic E-state index is 0.128. The number of aryl methyl sites for hydroxylation is 2. The molecule has 1 fully saturated rings. The van der Waals surface area contributed by atoms with Gasteiger partial charge in [-0.2, -0.15) is 5.26 Å². The first-order chi connectivity index (χ1) is 15.0. The maximum absolute atomic E-state index is 12.7. The number of hydrogen-bond acceptors (Lipinski definition) is 6. The molecule has 0 unspecified atom stereocenters. The molecule has 7 heteroatoms. The molecular formula is C24H24N4O2S. The van der Waals surface area contributed by atoms with Gasteiger partial charge in [-0.05, 0) is 55.3 Å². The van der Waals surface area contributed by atoms with E-state index in [0.29, 0.717) is 23.8 Å². The first-order valence-corrected chi connectivity index (χ1v) is 11.2. The first kappa shape index (κ1) is 21.2. The van der Waals surface area contributed by atoms with Crippen LogP contribution in [0.3, 0.4) is 0 Å². The zero-order valence-electron chi connectivity index (χ0n) is 17.6. The van der Waals surface area contributed by atoms with Gasteiger partial charge in [-0.25, -0.2) is 4.98 Å². The number of nitrogens with zero attached hydrogens (tertiary/aromatic N) is 3. The summed E-state index contributed by atoms with van der Waals surface area (Å²) < 4.78 is 5.43. The predicted molar refractivity (Wildman–Crippen MR) is 125 cm³/mol. The van der Waals surface area contributed by atoms with Crippen molar-refractivity contribution >= 4 is 39.9 Å². The van der Waals surface area contributed by atoms with Crippen LogP contribution in [-0.2, 0) is 9.53 Å². The van der Waals surface area contributed by atoms with E-state index in [0.717, 1.165) is 46.5 Å². The number of nitriles is 1. The van der Waals surface area contributed by atoms with Gasteiger partial charge in [-0.15, -0.1) is 0 Å². The van der Waals surface area contributed by atoms with Gasteiger partial charge >= 0.3 is 0 Å². The normalized spacial score (nSPS) is 13.8. The molecule has 1 amide bonds. The molecule has 0 aliphatic carbocycles. The predicted octanol–water partition coefficient (Wildman–Crippen LogP) is 4.29. The van der Waals surface area contributed by atoms with Gasteiger partial charge in [-0.1, -0.05) is 23.9 Å². The lowest BCUT2D eigenvalue weighted by Gasteiger charge is -2.30. The van der Waals surface area contributed by atoms with E-state index in [2.05, 4.69) is 21.3 Å². The number of hydrogen-bond donors (Lipinski definition) is 1. The van der Waals surface area contributed by atoms with Crippen molar-refractivity contribution in [3.05, 3.63) is 59.2 Å². The van der Waals surface area contributed by atoms with E-state index in [9.17, 15) is 10.1 Å². The van der Waals surface area contributed by atoms with Gasteiger partial charge in [-0.3, -0.25) is 4.79 Å². The number of benzene rings is 2. The van der Waals surface area contributed by atoms with Gasteiger partial charge in [0.15, 0.2) is 0 Å². The first-order valence-electron chi connectivity index (χ1n) is 10.2. The Morgan fingerprint density at radius 3 is 2.71 bits per heavy atom. The number of nitrogens with one attached hydrogen (secondary N) is 1. The number of para-hydroxylation sites is 2. The van der Waals surface area contributed by atoms with Crippen LogP contribution >= 0.6 is 11.8 Å². The molecule has 31 heavy (non-hydrogen) atoms. The van der Waals surface area contributed by atoms with E-state index in [1.54, 1.807) is 0 Å². The summed E-state index contributed by atoms with van der Waals surface area (Å²) in [6.45, 7) is 7.05. The van der Waals surface area contributed by atoms with Crippen molar-refractivity contribution in [1.82, 2.24) is 4.98 Å². The highest BCUT2D eigenvalue weighted by molar-refractivity contribution is 8.00. The Morgan fingerprint density at radius 1 is 1.19 bits per heavy atom. The second kappa shape index (κ2) is 9.38. The van der Waals surface area contributed by atoms with Crippen molar-refractivity contribution in [3.8, 4) is 6.07 Å². The summed E-state index contributed by atoms with van der Waals surface area (Å²) in [6.07, 6.45) is 0. The monoisotopic (exact) mass is 432 g/mol. The van der Waals surface area contributed by atoms with Crippen LogP contribution in [0.5, 0.6) is 0 Å². The van der Waals surface area contributed by atoms with Gasteiger partial charge < -0.3 is 15.0 Å². The van der Waals surface area contributed by atoms with Gasteiger partial charge in [0.1, 0.15) is 11.1 Å². The van der Waals surface area contributed by atoms with E-state index in [-0.39, 0.29) is 11.7 Å². The Kier molecular flexibility index (Phi) is 6.40. The smallest absolute Gasteiger partial charge is 0.234 e. The number of pyridine rings is 1. The Hall–Kier alpha value is -3.08. The summed E-state index contributed by atoms with van der Waals surface area (Å²) in [7, 11) is 0. The lowest BCUT2D eigenvalue weighted by Crippen LogP contribution is -2.36. The van der Waals surface area contributed by atoms with Crippen molar-refractivity contribution in [2.24, 2.45) is 0 Å². The Balaban J connectivity index is 1.49. The molecule has 2 aromatic carbocycles. The van der Waals surface area contributed by atoms with Crippen LogP contribution in [0.15, 0.2) is 47.5 Å². The van der Waals surface area contributed by atoms with Gasteiger partial charge in [0, 0.05) is 18.5 Å². The minimum atomic E-state index is -0.128. The van der Waals surface area contributed by atoms with Crippen molar-refractivity contribution in [2.45, 2.75) is 18.9 Å². The third-order valence-electron chi connectivity index (χ3n) is 5.39. The molecule has 6 nitrogen and oxygen atoms in total. The van der Waals surface area contributed by atoms with Gasteiger partial charge in [0.2, 0.25) is 5.91 Å². The average Bonchev–Trinajstić information content (AvgIpc) is 2.79. The SMILES string of the molecule is Cc1cc2cc(C#N)c(SCC(=O)Nc3ccccc3N3CCOCC3)nc2cc1C. The molecule has 4 rings (SSSR count). The number of rotatable bonds is 5. The van der Waals surface area contributed by atoms with Crippen molar-refractivity contribution < 1.29 is 9.53 Å². The van der Waals surface area contributed by atoms with E-state index >= 15 is 0 Å².